The van der Waals surface area contributed by atoms with Gasteiger partial charge in [0, 0.05) is 18.1 Å². The Morgan fingerprint density at radius 2 is 1.90 bits per heavy atom. The summed E-state index contributed by atoms with van der Waals surface area (Å²) < 4.78 is 0. The molecule has 126 valence electrons. The highest BCUT2D eigenvalue weighted by Gasteiger charge is 2.41. The van der Waals surface area contributed by atoms with Gasteiger partial charge in [-0.05, 0) is 57.5 Å². The smallest absolute Gasteiger partial charge is 0.0274 e. The van der Waals surface area contributed by atoms with E-state index in [2.05, 4.69) is 51.8 Å². The number of rotatable bonds is 9. The number of unbranched alkanes of at least 4 members (excludes halogenated alkanes) is 1. The second kappa shape index (κ2) is 9.15. The first-order chi connectivity index (χ1) is 9.97. The van der Waals surface area contributed by atoms with Crippen LogP contribution in [0.2, 0.25) is 0 Å². The highest BCUT2D eigenvalue weighted by molar-refractivity contribution is 4.99. The van der Waals surface area contributed by atoms with Gasteiger partial charge in [-0.2, -0.15) is 0 Å². The van der Waals surface area contributed by atoms with Gasteiger partial charge in [-0.1, -0.05) is 47.5 Å². The van der Waals surface area contributed by atoms with Crippen molar-refractivity contribution in [3.63, 3.8) is 0 Å². The molecule has 0 amide bonds. The lowest BCUT2D eigenvalue weighted by Gasteiger charge is -2.50. The molecule has 1 aliphatic carbocycles. The van der Waals surface area contributed by atoms with Crippen molar-refractivity contribution >= 4 is 0 Å². The van der Waals surface area contributed by atoms with Gasteiger partial charge >= 0.3 is 0 Å². The Hall–Kier alpha value is -0.0800. The van der Waals surface area contributed by atoms with Crippen molar-refractivity contribution in [2.75, 3.05) is 13.1 Å². The molecule has 21 heavy (non-hydrogen) atoms. The summed E-state index contributed by atoms with van der Waals surface area (Å²) in [4.78, 5) is 2.83. The molecule has 1 rings (SSSR count). The van der Waals surface area contributed by atoms with Crippen molar-refractivity contribution in [2.45, 2.75) is 105 Å². The van der Waals surface area contributed by atoms with Crippen LogP contribution in [0.25, 0.3) is 0 Å². The van der Waals surface area contributed by atoms with Crippen LogP contribution in [-0.2, 0) is 0 Å². The Balaban J connectivity index is 2.88. The summed E-state index contributed by atoms with van der Waals surface area (Å²) in [5, 5.41) is 3.91. The van der Waals surface area contributed by atoms with Crippen LogP contribution >= 0.6 is 0 Å². The minimum atomic E-state index is 0.427. The van der Waals surface area contributed by atoms with Crippen molar-refractivity contribution in [2.24, 2.45) is 5.41 Å². The molecule has 0 saturated heterocycles. The number of hydrogen-bond donors (Lipinski definition) is 1. The van der Waals surface area contributed by atoms with Crippen molar-refractivity contribution in [1.82, 2.24) is 10.2 Å². The van der Waals surface area contributed by atoms with E-state index < -0.39 is 0 Å². The molecular weight excluding hydrogens is 256 g/mol. The van der Waals surface area contributed by atoms with Gasteiger partial charge in [0.05, 0.1) is 0 Å². The van der Waals surface area contributed by atoms with Crippen LogP contribution in [0, 0.1) is 5.41 Å². The molecular formula is C19H40N2. The molecule has 2 heteroatoms. The first-order valence-corrected chi connectivity index (χ1v) is 9.47. The number of nitrogens with one attached hydrogen (secondary N) is 1. The first kappa shape index (κ1) is 19.0. The number of hydrogen-bond acceptors (Lipinski definition) is 2. The van der Waals surface area contributed by atoms with E-state index in [4.69, 9.17) is 0 Å². The van der Waals surface area contributed by atoms with Gasteiger partial charge in [0.15, 0.2) is 0 Å². The minimum absolute atomic E-state index is 0.427. The predicted octanol–water partition coefficient (Wildman–Crippen LogP) is 4.83. The predicted molar refractivity (Wildman–Crippen MR) is 94.9 cm³/mol. The van der Waals surface area contributed by atoms with Crippen LogP contribution < -0.4 is 5.32 Å². The topological polar surface area (TPSA) is 15.3 Å². The standard InChI is InChI=1S/C19H40N2/c1-7-10-15-21(16(4)9-3)17-12-11-13-19(5,6)18(17)20-14-8-2/h16-18,20H,7-15H2,1-6H3. The number of nitrogens with zero attached hydrogens (tertiary/aromatic N) is 1. The molecule has 0 heterocycles. The van der Waals surface area contributed by atoms with E-state index in [0.717, 1.165) is 12.6 Å². The van der Waals surface area contributed by atoms with E-state index in [9.17, 15) is 0 Å². The highest BCUT2D eigenvalue weighted by Crippen LogP contribution is 2.38. The lowest BCUT2D eigenvalue weighted by atomic mass is 9.70. The summed E-state index contributed by atoms with van der Waals surface area (Å²) in [6.07, 6.45) is 9.27. The molecule has 0 aromatic heterocycles. The average Bonchev–Trinajstić information content (AvgIpc) is 2.45. The lowest BCUT2D eigenvalue weighted by Crippen LogP contribution is -2.60. The van der Waals surface area contributed by atoms with E-state index in [0.29, 0.717) is 17.5 Å². The molecule has 0 radical (unpaired) electrons. The Bertz CT molecular complexity index is 275. The van der Waals surface area contributed by atoms with Crippen molar-refractivity contribution in [3.05, 3.63) is 0 Å². The average molecular weight is 297 g/mol. The van der Waals surface area contributed by atoms with Crippen LogP contribution in [0.15, 0.2) is 0 Å². The monoisotopic (exact) mass is 296 g/mol. The highest BCUT2D eigenvalue weighted by atomic mass is 15.2. The Morgan fingerprint density at radius 3 is 2.48 bits per heavy atom. The fourth-order valence-corrected chi connectivity index (χ4v) is 3.97. The first-order valence-electron chi connectivity index (χ1n) is 9.47. The van der Waals surface area contributed by atoms with Gasteiger partial charge in [-0.25, -0.2) is 0 Å². The van der Waals surface area contributed by atoms with Crippen LogP contribution in [0.4, 0.5) is 0 Å². The van der Waals surface area contributed by atoms with Crippen LogP contribution in [0.5, 0.6) is 0 Å². The molecule has 0 spiro atoms. The van der Waals surface area contributed by atoms with Crippen molar-refractivity contribution in [3.8, 4) is 0 Å². The second-order valence-corrected chi connectivity index (χ2v) is 7.73. The Kier molecular flexibility index (Phi) is 8.26. The SMILES string of the molecule is CCCCN(C(C)CC)C1CCCC(C)(C)C1NCCC. The van der Waals surface area contributed by atoms with E-state index in [1.54, 1.807) is 0 Å². The second-order valence-electron chi connectivity index (χ2n) is 7.73. The third-order valence-electron chi connectivity index (χ3n) is 5.51. The van der Waals surface area contributed by atoms with E-state index in [-0.39, 0.29) is 0 Å². The lowest BCUT2D eigenvalue weighted by molar-refractivity contribution is 0.0250. The fourth-order valence-electron chi connectivity index (χ4n) is 3.97. The third kappa shape index (κ3) is 5.25. The zero-order valence-corrected chi connectivity index (χ0v) is 15.5. The summed E-state index contributed by atoms with van der Waals surface area (Å²) in [6.45, 7) is 16.7. The third-order valence-corrected chi connectivity index (χ3v) is 5.51. The molecule has 0 aromatic rings. The minimum Gasteiger partial charge on any atom is -0.312 e. The van der Waals surface area contributed by atoms with Gasteiger partial charge in [-0.15, -0.1) is 0 Å². The van der Waals surface area contributed by atoms with Gasteiger partial charge in [0.25, 0.3) is 0 Å². The largest absolute Gasteiger partial charge is 0.312 e. The molecule has 3 atom stereocenters. The zero-order chi connectivity index (χ0) is 15.9. The normalized spacial score (nSPS) is 27.0. The summed E-state index contributed by atoms with van der Waals surface area (Å²) >= 11 is 0. The molecule has 1 fully saturated rings. The van der Waals surface area contributed by atoms with Gasteiger partial charge < -0.3 is 5.32 Å². The molecule has 0 aromatic carbocycles. The molecule has 0 bridgehead atoms. The molecule has 0 aliphatic heterocycles. The quantitative estimate of drug-likeness (QED) is 0.655. The molecule has 1 saturated carbocycles. The summed E-state index contributed by atoms with van der Waals surface area (Å²) in [6, 6.07) is 2.08. The fraction of sp³-hybridized carbons (Fsp3) is 1.00. The maximum absolute atomic E-state index is 3.91. The van der Waals surface area contributed by atoms with E-state index in [1.807, 2.05) is 0 Å². The van der Waals surface area contributed by atoms with Crippen LogP contribution in [0.1, 0.15) is 86.5 Å². The van der Waals surface area contributed by atoms with Crippen LogP contribution in [0.3, 0.4) is 0 Å². The Labute approximate surface area is 134 Å². The van der Waals surface area contributed by atoms with E-state index >= 15 is 0 Å². The molecule has 1 N–H and O–H groups in total. The molecule has 1 aliphatic rings. The molecule has 3 unspecified atom stereocenters. The van der Waals surface area contributed by atoms with E-state index in [1.165, 1.54) is 51.5 Å². The maximum Gasteiger partial charge on any atom is 0.0274 e. The summed E-state index contributed by atoms with van der Waals surface area (Å²) in [7, 11) is 0. The van der Waals surface area contributed by atoms with Gasteiger partial charge in [-0.3, -0.25) is 4.90 Å². The van der Waals surface area contributed by atoms with Gasteiger partial charge in [0.1, 0.15) is 0 Å². The summed E-state index contributed by atoms with van der Waals surface area (Å²) in [5.41, 5.74) is 0.427. The summed E-state index contributed by atoms with van der Waals surface area (Å²) in [5.74, 6) is 0. The van der Waals surface area contributed by atoms with Crippen LogP contribution in [-0.4, -0.2) is 36.1 Å². The van der Waals surface area contributed by atoms with Crippen molar-refractivity contribution < 1.29 is 0 Å². The van der Waals surface area contributed by atoms with Crippen molar-refractivity contribution in [1.29, 1.82) is 0 Å². The Morgan fingerprint density at radius 1 is 1.19 bits per heavy atom. The van der Waals surface area contributed by atoms with Gasteiger partial charge in [0.2, 0.25) is 0 Å². The zero-order valence-electron chi connectivity index (χ0n) is 15.5. The molecule has 2 nitrogen and oxygen atoms in total. The maximum atomic E-state index is 3.91.